The minimum Gasteiger partial charge on any atom is -0.293 e. The number of carbonyl (C=O) groups excluding carboxylic acids is 1. The Morgan fingerprint density at radius 3 is 2.80 bits per heavy atom. The summed E-state index contributed by atoms with van der Waals surface area (Å²) in [5.41, 5.74) is 2.71. The first kappa shape index (κ1) is 16.8. The largest absolute Gasteiger partial charge is 0.293 e. The summed E-state index contributed by atoms with van der Waals surface area (Å²) in [5.74, 6) is -0.249. The van der Waals surface area contributed by atoms with Gasteiger partial charge in [-0.3, -0.25) is 14.8 Å². The average Bonchev–Trinajstić information content (AvgIpc) is 3.11. The molecule has 0 saturated heterocycles. The van der Waals surface area contributed by atoms with Crippen LogP contribution in [0.2, 0.25) is 0 Å². The lowest BCUT2D eigenvalue weighted by Crippen LogP contribution is -2.16. The second-order valence-electron chi connectivity index (χ2n) is 5.84. The molecule has 0 aliphatic rings. The van der Waals surface area contributed by atoms with Gasteiger partial charge < -0.3 is 0 Å². The first-order chi connectivity index (χ1) is 12.0. The van der Waals surface area contributed by atoms with Gasteiger partial charge in [-0.05, 0) is 37.6 Å². The Kier molecular flexibility index (Phi) is 4.87. The molecule has 0 unspecified atom stereocenters. The number of hydrogen-bond donors (Lipinski definition) is 1. The quantitative estimate of drug-likeness (QED) is 0.746. The topological polar surface area (TPSA) is 77.6 Å². The van der Waals surface area contributed by atoms with E-state index in [-0.39, 0.29) is 24.1 Å². The summed E-state index contributed by atoms with van der Waals surface area (Å²) in [6.07, 6.45) is 1.78. The van der Waals surface area contributed by atoms with Crippen LogP contribution in [0.15, 0.2) is 36.7 Å². The normalized spacial score (nSPS) is 10.8. The molecule has 130 valence electrons. The van der Waals surface area contributed by atoms with Gasteiger partial charge in [-0.25, -0.2) is 14.1 Å². The van der Waals surface area contributed by atoms with Crippen LogP contribution in [0.4, 0.5) is 10.3 Å². The van der Waals surface area contributed by atoms with Crippen LogP contribution in [0.5, 0.6) is 0 Å². The minimum atomic E-state index is -0.296. The van der Waals surface area contributed by atoms with Gasteiger partial charge in [-0.2, -0.15) is 5.10 Å². The number of halogens is 1. The maximum Gasteiger partial charge on any atom is 0.248 e. The van der Waals surface area contributed by atoms with Crippen LogP contribution in [0, 0.1) is 19.7 Å². The van der Waals surface area contributed by atoms with E-state index in [9.17, 15) is 9.18 Å². The van der Waals surface area contributed by atoms with Gasteiger partial charge in [-0.15, -0.1) is 5.10 Å². The number of amides is 1. The van der Waals surface area contributed by atoms with Crippen molar-refractivity contribution in [3.8, 4) is 0 Å². The molecule has 2 heterocycles. The number of nitrogens with zero attached hydrogens (tertiary/aromatic N) is 5. The number of benzene rings is 1. The first-order valence-corrected chi connectivity index (χ1v) is 7.94. The van der Waals surface area contributed by atoms with Crippen molar-refractivity contribution in [3.63, 3.8) is 0 Å². The smallest absolute Gasteiger partial charge is 0.248 e. The molecule has 0 fully saturated rings. The summed E-state index contributed by atoms with van der Waals surface area (Å²) in [6.45, 7) is 4.74. The first-order valence-electron chi connectivity index (χ1n) is 7.94. The average molecular weight is 342 g/mol. The summed E-state index contributed by atoms with van der Waals surface area (Å²) in [6, 6.07) is 8.24. The predicted octanol–water partition coefficient (Wildman–Crippen LogP) is 2.31. The molecule has 0 aliphatic carbocycles. The molecule has 1 aromatic carbocycles. The van der Waals surface area contributed by atoms with E-state index in [1.165, 1.54) is 18.5 Å². The highest BCUT2D eigenvalue weighted by molar-refractivity contribution is 5.88. The van der Waals surface area contributed by atoms with Crippen molar-refractivity contribution in [2.75, 3.05) is 5.32 Å². The highest BCUT2D eigenvalue weighted by Gasteiger charge is 2.09. The second-order valence-corrected chi connectivity index (χ2v) is 5.84. The lowest BCUT2D eigenvalue weighted by Gasteiger charge is -2.04. The van der Waals surface area contributed by atoms with Gasteiger partial charge in [0.15, 0.2) is 0 Å². The van der Waals surface area contributed by atoms with E-state index in [0.717, 1.165) is 17.0 Å². The second kappa shape index (κ2) is 7.25. The lowest BCUT2D eigenvalue weighted by atomic mass is 10.2. The summed E-state index contributed by atoms with van der Waals surface area (Å²) in [7, 11) is 0. The molecule has 3 rings (SSSR count). The molecule has 0 aliphatic heterocycles. The zero-order valence-electron chi connectivity index (χ0n) is 14.1. The van der Waals surface area contributed by atoms with Crippen molar-refractivity contribution in [2.24, 2.45) is 0 Å². The number of aryl methyl sites for hydroxylation is 3. The molecule has 1 N–H and O–H groups in total. The van der Waals surface area contributed by atoms with Gasteiger partial charge in [0.2, 0.25) is 11.9 Å². The Labute approximate surface area is 144 Å². The molecule has 2 aromatic heterocycles. The molecule has 0 saturated carbocycles. The van der Waals surface area contributed by atoms with Crippen LogP contribution in [-0.2, 0) is 17.9 Å². The van der Waals surface area contributed by atoms with Crippen LogP contribution in [0.3, 0.4) is 0 Å². The van der Waals surface area contributed by atoms with Crippen molar-refractivity contribution < 1.29 is 9.18 Å². The molecular formula is C17H19FN6O. The number of anilines is 1. The predicted molar refractivity (Wildman–Crippen MR) is 90.5 cm³/mol. The summed E-state index contributed by atoms with van der Waals surface area (Å²) >= 11 is 0. The third-order valence-corrected chi connectivity index (χ3v) is 3.68. The van der Waals surface area contributed by atoms with Gasteiger partial charge in [-0.1, -0.05) is 12.1 Å². The molecule has 8 heteroatoms. The zero-order valence-corrected chi connectivity index (χ0v) is 14.1. The number of aromatic nitrogens is 5. The highest BCUT2D eigenvalue weighted by atomic mass is 19.1. The zero-order chi connectivity index (χ0) is 17.8. The standard InChI is InChI=1S/C17H19FN6O/c1-12-8-13(2)24(21-12)7-6-16(25)20-17-19-11-23(22-17)10-14-4-3-5-15(18)9-14/h3-5,8-9,11H,6-7,10H2,1-2H3,(H,20,22,25). The van der Waals surface area contributed by atoms with E-state index >= 15 is 0 Å². The highest BCUT2D eigenvalue weighted by Crippen LogP contribution is 2.07. The minimum absolute atomic E-state index is 0.184. The molecule has 3 aromatic rings. The van der Waals surface area contributed by atoms with Crippen molar-refractivity contribution in [1.29, 1.82) is 0 Å². The third-order valence-electron chi connectivity index (χ3n) is 3.68. The van der Waals surface area contributed by atoms with E-state index in [0.29, 0.717) is 13.1 Å². The summed E-state index contributed by atoms with van der Waals surface area (Å²) in [4.78, 5) is 16.1. The summed E-state index contributed by atoms with van der Waals surface area (Å²) in [5, 5.41) is 11.2. The van der Waals surface area contributed by atoms with Crippen molar-refractivity contribution in [2.45, 2.75) is 33.4 Å². The number of rotatable bonds is 6. The van der Waals surface area contributed by atoms with E-state index in [1.54, 1.807) is 21.5 Å². The Bertz CT molecular complexity index is 885. The molecule has 1 amide bonds. The number of carbonyl (C=O) groups is 1. The fourth-order valence-corrected chi connectivity index (χ4v) is 2.55. The van der Waals surface area contributed by atoms with Crippen LogP contribution < -0.4 is 5.32 Å². The van der Waals surface area contributed by atoms with Crippen molar-refractivity contribution in [3.05, 3.63) is 59.4 Å². The molecule has 0 spiro atoms. The third kappa shape index (κ3) is 4.50. The van der Waals surface area contributed by atoms with E-state index in [1.807, 2.05) is 19.9 Å². The van der Waals surface area contributed by atoms with Gasteiger partial charge in [0, 0.05) is 18.7 Å². The monoisotopic (exact) mass is 342 g/mol. The van der Waals surface area contributed by atoms with Crippen LogP contribution in [-0.4, -0.2) is 30.5 Å². The van der Waals surface area contributed by atoms with Gasteiger partial charge in [0.05, 0.1) is 12.2 Å². The maximum atomic E-state index is 13.2. The molecule has 0 atom stereocenters. The van der Waals surface area contributed by atoms with E-state index < -0.39 is 0 Å². The number of nitrogens with one attached hydrogen (secondary N) is 1. The van der Waals surface area contributed by atoms with E-state index in [2.05, 4.69) is 20.5 Å². The van der Waals surface area contributed by atoms with Crippen molar-refractivity contribution in [1.82, 2.24) is 24.5 Å². The van der Waals surface area contributed by atoms with Crippen LogP contribution >= 0.6 is 0 Å². The Balaban J connectivity index is 1.54. The lowest BCUT2D eigenvalue weighted by molar-refractivity contribution is -0.116. The molecule has 0 radical (unpaired) electrons. The van der Waals surface area contributed by atoms with Crippen LogP contribution in [0.25, 0.3) is 0 Å². The molecular weight excluding hydrogens is 323 g/mol. The Morgan fingerprint density at radius 1 is 1.24 bits per heavy atom. The molecule has 7 nitrogen and oxygen atoms in total. The maximum absolute atomic E-state index is 13.2. The fraction of sp³-hybridized carbons (Fsp3) is 0.294. The molecule has 25 heavy (non-hydrogen) atoms. The number of hydrogen-bond acceptors (Lipinski definition) is 4. The van der Waals surface area contributed by atoms with Gasteiger partial charge in [0.25, 0.3) is 0 Å². The Hall–Kier alpha value is -3.03. The fourth-order valence-electron chi connectivity index (χ4n) is 2.55. The van der Waals surface area contributed by atoms with E-state index in [4.69, 9.17) is 0 Å². The SMILES string of the molecule is Cc1cc(C)n(CCC(=O)Nc2ncn(Cc3cccc(F)c3)n2)n1. The summed E-state index contributed by atoms with van der Waals surface area (Å²) < 4.78 is 16.5. The van der Waals surface area contributed by atoms with Crippen molar-refractivity contribution >= 4 is 11.9 Å². The van der Waals surface area contributed by atoms with Gasteiger partial charge in [0.1, 0.15) is 12.1 Å². The van der Waals surface area contributed by atoms with Crippen LogP contribution in [0.1, 0.15) is 23.4 Å². The molecule has 0 bridgehead atoms. The Morgan fingerprint density at radius 2 is 2.08 bits per heavy atom. The van der Waals surface area contributed by atoms with Gasteiger partial charge >= 0.3 is 0 Å².